The van der Waals surface area contributed by atoms with Gasteiger partial charge in [-0.05, 0) is 61.5 Å². The van der Waals surface area contributed by atoms with E-state index in [0.29, 0.717) is 47.4 Å². The van der Waals surface area contributed by atoms with Crippen molar-refractivity contribution >= 4 is 52.4 Å². The molecule has 2 aromatic rings. The van der Waals surface area contributed by atoms with Crippen LogP contribution in [0.2, 0.25) is 18.1 Å². The molecule has 1 unspecified atom stereocenters. The van der Waals surface area contributed by atoms with E-state index in [4.69, 9.17) is 13.6 Å². The maximum absolute atomic E-state index is 13.6. The molecule has 1 aliphatic carbocycles. The first-order chi connectivity index (χ1) is 17.6. The number of alkyl halides is 3. The predicted octanol–water partition coefficient (Wildman–Crippen LogP) is 7.78. The number of rotatable bonds is 6. The summed E-state index contributed by atoms with van der Waals surface area (Å²) in [6.07, 6.45) is 4.19. The molecule has 0 saturated heterocycles. The molecule has 4 rings (SSSR count). The van der Waals surface area contributed by atoms with Gasteiger partial charge in [0.05, 0.1) is 5.69 Å². The van der Waals surface area contributed by atoms with E-state index >= 15 is 0 Å². The van der Waals surface area contributed by atoms with E-state index in [-0.39, 0.29) is 10.9 Å². The molecule has 0 amide bonds. The molecule has 1 fully saturated rings. The Labute approximate surface area is 227 Å². The monoisotopic (exact) mass is 586 g/mol. The van der Waals surface area contributed by atoms with Gasteiger partial charge in [-0.1, -0.05) is 51.1 Å². The lowest BCUT2D eigenvalue weighted by Crippen LogP contribution is -2.45. The molecule has 6 nitrogen and oxygen atoms in total. The van der Waals surface area contributed by atoms with Gasteiger partial charge >= 0.3 is 15.6 Å². The third-order valence-corrected chi connectivity index (χ3v) is 13.4. The van der Waals surface area contributed by atoms with Crippen LogP contribution in [0.5, 0.6) is 5.75 Å². The summed E-state index contributed by atoms with van der Waals surface area (Å²) in [6.45, 7) is 10.4. The van der Waals surface area contributed by atoms with E-state index in [0.717, 1.165) is 11.8 Å². The van der Waals surface area contributed by atoms with Crippen LogP contribution in [0.3, 0.4) is 0 Å². The maximum atomic E-state index is 13.6. The van der Waals surface area contributed by atoms with Gasteiger partial charge in [0.2, 0.25) is 5.88 Å². The number of nitrogens with zero attached hydrogens (tertiary/aromatic N) is 2. The summed E-state index contributed by atoms with van der Waals surface area (Å²) in [4.78, 5) is 6.35. The number of fused-ring (bicyclic) bond motifs is 2. The fourth-order valence-electron chi connectivity index (χ4n) is 4.30. The summed E-state index contributed by atoms with van der Waals surface area (Å²) in [6, 6.07) is 11.1. The average molecular weight is 587 g/mol. The first-order valence-corrected chi connectivity index (χ1v) is 18.0. The minimum Gasteiger partial charge on any atom is -0.542 e. The molecule has 1 aliphatic heterocycles. The van der Waals surface area contributed by atoms with E-state index in [1.54, 1.807) is 12.3 Å². The summed E-state index contributed by atoms with van der Waals surface area (Å²) in [5, 5.41) is 1.36. The highest BCUT2D eigenvalue weighted by molar-refractivity contribution is 7.99. The topological polar surface area (TPSA) is 68.2 Å². The van der Waals surface area contributed by atoms with Crippen molar-refractivity contribution in [2.45, 2.75) is 75.6 Å². The standard InChI is InChI=1S/C26H33F3N2O4S2Si/c1-25(2,3)38(5,6)35-21-16-15-17-11-7-8-12-18(17)22(21)31-23(34-37(32,33)26(27,28)29)19-13-9-10-14-20(19)30-24(31)36-4/h7-8,11-12,15-16,24H,9-10,13-14H2,1-6H3. The van der Waals surface area contributed by atoms with Crippen LogP contribution in [0.15, 0.2) is 52.8 Å². The molecule has 0 aromatic heterocycles. The van der Waals surface area contributed by atoms with E-state index in [1.807, 2.05) is 30.3 Å². The maximum Gasteiger partial charge on any atom is 0.534 e. The third kappa shape index (κ3) is 5.31. The van der Waals surface area contributed by atoms with Crippen molar-refractivity contribution in [2.24, 2.45) is 4.99 Å². The minimum absolute atomic E-state index is 0.164. The highest BCUT2D eigenvalue weighted by atomic mass is 32.2. The van der Waals surface area contributed by atoms with Crippen molar-refractivity contribution in [3.63, 3.8) is 0 Å². The number of halogens is 3. The summed E-state index contributed by atoms with van der Waals surface area (Å²) in [7, 11) is -8.36. The Hall–Kier alpha value is -2.18. The van der Waals surface area contributed by atoms with E-state index < -0.39 is 29.4 Å². The van der Waals surface area contributed by atoms with Crippen LogP contribution in [-0.2, 0) is 14.3 Å². The van der Waals surface area contributed by atoms with Crippen molar-refractivity contribution in [2.75, 3.05) is 11.2 Å². The Balaban J connectivity index is 2.02. The average Bonchev–Trinajstić information content (AvgIpc) is 2.82. The largest absolute Gasteiger partial charge is 0.542 e. The fraction of sp³-hybridized carbons (Fsp3) is 0.500. The van der Waals surface area contributed by atoms with Gasteiger partial charge in [0, 0.05) is 16.7 Å². The number of anilines is 1. The molecule has 0 spiro atoms. The molecule has 2 aliphatic rings. The van der Waals surface area contributed by atoms with Gasteiger partial charge in [0.25, 0.3) is 8.32 Å². The van der Waals surface area contributed by atoms with Crippen molar-refractivity contribution in [1.29, 1.82) is 0 Å². The summed E-state index contributed by atoms with van der Waals surface area (Å²) in [5.74, 6) is 0.109. The van der Waals surface area contributed by atoms with Crippen molar-refractivity contribution in [3.05, 3.63) is 47.9 Å². The number of thioether (sulfide) groups is 1. The number of benzene rings is 2. The second kappa shape index (κ2) is 10.1. The van der Waals surface area contributed by atoms with E-state index in [9.17, 15) is 21.6 Å². The molecule has 0 bridgehead atoms. The van der Waals surface area contributed by atoms with Crippen LogP contribution in [-0.4, -0.2) is 39.7 Å². The Morgan fingerprint density at radius 2 is 1.71 bits per heavy atom. The Morgan fingerprint density at radius 3 is 2.34 bits per heavy atom. The zero-order valence-corrected chi connectivity index (χ0v) is 25.0. The lowest BCUT2D eigenvalue weighted by Gasteiger charge is -2.41. The lowest BCUT2D eigenvalue weighted by molar-refractivity contribution is -0.0523. The number of hydrogen-bond acceptors (Lipinski definition) is 7. The Kier molecular flexibility index (Phi) is 7.65. The summed E-state index contributed by atoms with van der Waals surface area (Å²) in [5.41, 5.74) is -4.91. The van der Waals surface area contributed by atoms with Gasteiger partial charge in [-0.25, -0.2) is 0 Å². The van der Waals surface area contributed by atoms with Crippen molar-refractivity contribution in [1.82, 2.24) is 0 Å². The van der Waals surface area contributed by atoms with Gasteiger partial charge in [-0.15, -0.1) is 11.8 Å². The van der Waals surface area contributed by atoms with Gasteiger partial charge in [-0.3, -0.25) is 9.89 Å². The van der Waals surface area contributed by atoms with Crippen LogP contribution < -0.4 is 9.33 Å². The molecule has 12 heteroatoms. The third-order valence-electron chi connectivity index (χ3n) is 7.36. The van der Waals surface area contributed by atoms with Gasteiger partial charge in [-0.2, -0.15) is 21.6 Å². The normalized spacial score (nSPS) is 19.3. The zero-order chi connectivity index (χ0) is 28.1. The molecular formula is C26H33F3N2O4S2Si. The van der Waals surface area contributed by atoms with Crippen molar-refractivity contribution < 1.29 is 30.2 Å². The highest BCUT2D eigenvalue weighted by Crippen LogP contribution is 2.48. The molecule has 0 N–H and O–H groups in total. The van der Waals surface area contributed by atoms with Crippen LogP contribution in [0.25, 0.3) is 10.8 Å². The SMILES string of the molecule is CSC1N=C2CCCCC2=C(OS(=O)(=O)C(F)(F)F)N1c1c(O[Si](C)(C)C(C)(C)C)ccc2ccccc12. The highest BCUT2D eigenvalue weighted by Gasteiger charge is 2.51. The molecule has 1 atom stereocenters. The first kappa shape index (κ1) is 28.8. The molecule has 38 heavy (non-hydrogen) atoms. The second-order valence-corrected chi connectivity index (χ2v) is 18.1. The molecule has 0 radical (unpaired) electrons. The van der Waals surface area contributed by atoms with Crippen molar-refractivity contribution in [3.8, 4) is 5.75 Å². The lowest BCUT2D eigenvalue weighted by atomic mass is 9.91. The van der Waals surface area contributed by atoms with Crippen LogP contribution in [0.4, 0.5) is 18.9 Å². The first-order valence-electron chi connectivity index (χ1n) is 12.4. The minimum atomic E-state index is -5.94. The van der Waals surface area contributed by atoms with Crippen LogP contribution >= 0.6 is 11.8 Å². The van der Waals surface area contributed by atoms with Crippen LogP contribution in [0.1, 0.15) is 46.5 Å². The summed E-state index contributed by atoms with van der Waals surface area (Å²) >= 11 is 1.29. The number of aliphatic imine (C=N–C) groups is 1. The molecular weight excluding hydrogens is 554 g/mol. The number of allylic oxidation sites excluding steroid dienone is 1. The van der Waals surface area contributed by atoms with Crippen LogP contribution in [0, 0.1) is 0 Å². The molecule has 1 heterocycles. The summed E-state index contributed by atoms with van der Waals surface area (Å²) < 4.78 is 77.3. The van der Waals surface area contributed by atoms with Gasteiger partial charge in [0.15, 0.2) is 5.50 Å². The molecule has 208 valence electrons. The van der Waals surface area contributed by atoms with Gasteiger partial charge < -0.3 is 8.61 Å². The Bertz CT molecular complexity index is 1400. The van der Waals surface area contributed by atoms with Gasteiger partial charge in [0.1, 0.15) is 5.75 Å². The second-order valence-electron chi connectivity index (χ2n) is 11.0. The fourth-order valence-corrected chi connectivity index (χ4v) is 6.45. The molecule has 1 saturated carbocycles. The predicted molar refractivity (Wildman–Crippen MR) is 151 cm³/mol. The Morgan fingerprint density at radius 1 is 1.05 bits per heavy atom. The quantitative estimate of drug-likeness (QED) is 0.196. The number of hydrogen-bond donors (Lipinski definition) is 0. The van der Waals surface area contributed by atoms with E-state index in [1.165, 1.54) is 16.7 Å². The molecule has 2 aromatic carbocycles. The zero-order valence-electron chi connectivity index (χ0n) is 22.3. The smallest absolute Gasteiger partial charge is 0.534 e. The van der Waals surface area contributed by atoms with E-state index in [2.05, 4.69) is 33.9 Å².